The van der Waals surface area contributed by atoms with Crippen LogP contribution in [0.1, 0.15) is 5.82 Å². The van der Waals surface area contributed by atoms with Crippen LogP contribution in [0.3, 0.4) is 0 Å². The predicted octanol–water partition coefficient (Wildman–Crippen LogP) is 1.55. The van der Waals surface area contributed by atoms with Crippen LogP contribution in [0, 0.1) is 0 Å². The van der Waals surface area contributed by atoms with Crippen LogP contribution < -0.4 is 0 Å². The van der Waals surface area contributed by atoms with Crippen LogP contribution in [0.4, 0.5) is 0 Å². The molecule has 0 radical (unpaired) electrons. The Morgan fingerprint density at radius 3 is 2.78 bits per heavy atom. The number of hydrogen-bond donors (Lipinski definition) is 0. The van der Waals surface area contributed by atoms with Crippen molar-refractivity contribution in [1.29, 1.82) is 0 Å². The third kappa shape index (κ3) is 2.29. The highest BCUT2D eigenvalue weighted by Gasteiger charge is 2.08. The molecule has 2 heterocycles. The molecule has 90 valence electrons. The molecule has 0 atom stereocenters. The fourth-order valence-electron chi connectivity index (χ4n) is 1.78. The van der Waals surface area contributed by atoms with Gasteiger partial charge < -0.3 is 4.90 Å². The highest BCUT2D eigenvalue weighted by Crippen LogP contribution is 2.06. The number of tetrazole rings is 1. The molecule has 0 fully saturated rings. The molecular weight excluding hydrogens is 226 g/mol. The molecule has 0 saturated heterocycles. The monoisotopic (exact) mass is 239 g/mol. The average molecular weight is 239 g/mol. The van der Waals surface area contributed by atoms with Crippen molar-refractivity contribution in [3.63, 3.8) is 0 Å². The highest BCUT2D eigenvalue weighted by molar-refractivity contribution is 5.27. The Morgan fingerprint density at radius 1 is 1.11 bits per heavy atom. The molecule has 0 N–H and O–H groups in total. The third-order valence-corrected chi connectivity index (χ3v) is 2.67. The molecule has 3 rings (SSSR count). The van der Waals surface area contributed by atoms with E-state index >= 15 is 0 Å². The molecule has 0 bridgehead atoms. The zero-order valence-corrected chi connectivity index (χ0v) is 9.85. The van der Waals surface area contributed by atoms with Gasteiger partial charge in [-0.05, 0) is 29.6 Å². The molecule has 0 unspecified atom stereocenters. The Labute approximate surface area is 105 Å². The molecule has 0 spiro atoms. The quantitative estimate of drug-likeness (QED) is 0.815. The predicted molar refractivity (Wildman–Crippen MR) is 67.8 cm³/mol. The Morgan fingerprint density at radius 2 is 2.00 bits per heavy atom. The standard InChI is InChI=1S/C13H13N5/c1-3-7-12(8-4-1)18-15-13(14-16-18)11-17-9-5-2-6-10-17/h1-9H,10-11H2. The molecule has 18 heavy (non-hydrogen) atoms. The van der Waals surface area contributed by atoms with Gasteiger partial charge in [0.25, 0.3) is 0 Å². The van der Waals surface area contributed by atoms with E-state index in [-0.39, 0.29) is 0 Å². The molecule has 2 aromatic rings. The second-order valence-corrected chi connectivity index (χ2v) is 4.03. The van der Waals surface area contributed by atoms with E-state index in [9.17, 15) is 0 Å². The van der Waals surface area contributed by atoms with Crippen molar-refractivity contribution < 1.29 is 0 Å². The minimum absolute atomic E-state index is 0.674. The number of nitrogens with zero attached hydrogens (tertiary/aromatic N) is 5. The summed E-state index contributed by atoms with van der Waals surface area (Å²) < 4.78 is 0. The fraction of sp³-hybridized carbons (Fsp3) is 0.154. The number of rotatable bonds is 3. The summed E-state index contributed by atoms with van der Waals surface area (Å²) >= 11 is 0. The lowest BCUT2D eigenvalue weighted by Crippen LogP contribution is -2.19. The van der Waals surface area contributed by atoms with E-state index in [2.05, 4.69) is 26.4 Å². The summed E-state index contributed by atoms with van der Waals surface area (Å²) in [5.41, 5.74) is 0.922. The van der Waals surface area contributed by atoms with E-state index in [1.54, 1.807) is 4.80 Å². The minimum atomic E-state index is 0.674. The van der Waals surface area contributed by atoms with Crippen LogP contribution in [0.25, 0.3) is 5.69 Å². The van der Waals surface area contributed by atoms with Crippen LogP contribution in [-0.4, -0.2) is 31.7 Å². The molecule has 1 aliphatic heterocycles. The Balaban J connectivity index is 1.74. The zero-order chi connectivity index (χ0) is 12.2. The lowest BCUT2D eigenvalue weighted by molar-refractivity contribution is 0.393. The van der Waals surface area contributed by atoms with E-state index in [4.69, 9.17) is 0 Å². The first-order chi connectivity index (χ1) is 8.92. The third-order valence-electron chi connectivity index (χ3n) is 2.67. The van der Waals surface area contributed by atoms with E-state index in [1.807, 2.05) is 48.7 Å². The topological polar surface area (TPSA) is 46.8 Å². The van der Waals surface area contributed by atoms with Gasteiger partial charge in [0.1, 0.15) is 0 Å². The summed E-state index contributed by atoms with van der Waals surface area (Å²) in [6.07, 6.45) is 8.17. The molecular formula is C13H13N5. The summed E-state index contributed by atoms with van der Waals surface area (Å²) in [7, 11) is 0. The molecule has 5 heteroatoms. The van der Waals surface area contributed by atoms with Crippen molar-refractivity contribution in [3.05, 3.63) is 60.6 Å². The van der Waals surface area contributed by atoms with Crippen LogP contribution >= 0.6 is 0 Å². The molecule has 5 nitrogen and oxygen atoms in total. The molecule has 1 aliphatic rings. The van der Waals surface area contributed by atoms with Crippen molar-refractivity contribution in [2.45, 2.75) is 6.54 Å². The van der Waals surface area contributed by atoms with Gasteiger partial charge in [0.05, 0.1) is 12.2 Å². The second kappa shape index (κ2) is 4.83. The summed E-state index contributed by atoms with van der Waals surface area (Å²) in [6, 6.07) is 9.78. The van der Waals surface area contributed by atoms with Crippen molar-refractivity contribution >= 4 is 0 Å². The fourth-order valence-corrected chi connectivity index (χ4v) is 1.78. The van der Waals surface area contributed by atoms with E-state index in [1.165, 1.54) is 0 Å². The molecule has 1 aromatic carbocycles. The first-order valence-electron chi connectivity index (χ1n) is 5.83. The molecule has 0 amide bonds. The number of aromatic nitrogens is 4. The Kier molecular flexibility index (Phi) is 2.87. The van der Waals surface area contributed by atoms with Gasteiger partial charge >= 0.3 is 0 Å². The normalized spacial score (nSPS) is 14.1. The number of hydrogen-bond acceptors (Lipinski definition) is 4. The first kappa shape index (κ1) is 10.7. The van der Waals surface area contributed by atoms with Gasteiger partial charge in [-0.3, -0.25) is 0 Å². The first-order valence-corrected chi connectivity index (χ1v) is 5.83. The van der Waals surface area contributed by atoms with Gasteiger partial charge in [-0.15, -0.1) is 15.0 Å². The molecule has 1 aromatic heterocycles. The molecule has 0 saturated carbocycles. The van der Waals surface area contributed by atoms with E-state index in [0.717, 1.165) is 18.1 Å². The van der Waals surface area contributed by atoms with Gasteiger partial charge in [0.15, 0.2) is 5.82 Å². The summed E-state index contributed by atoms with van der Waals surface area (Å²) in [6.45, 7) is 1.56. The Bertz CT molecular complexity index is 570. The van der Waals surface area contributed by atoms with Gasteiger partial charge in [0, 0.05) is 6.54 Å². The lowest BCUT2D eigenvalue weighted by atomic mass is 10.3. The molecule has 0 aliphatic carbocycles. The Hall–Kier alpha value is -2.43. The summed E-state index contributed by atoms with van der Waals surface area (Å²) in [4.78, 5) is 3.69. The number of benzene rings is 1. The summed E-state index contributed by atoms with van der Waals surface area (Å²) in [5.74, 6) is 0.721. The SMILES string of the molecule is C1=CCN(Cc2nnn(-c3ccccc3)n2)C=C1. The number of para-hydroxylation sites is 1. The van der Waals surface area contributed by atoms with Crippen molar-refractivity contribution in [3.8, 4) is 5.69 Å². The van der Waals surface area contributed by atoms with Crippen molar-refractivity contribution in [2.75, 3.05) is 6.54 Å². The average Bonchev–Trinajstić information content (AvgIpc) is 2.89. The lowest BCUT2D eigenvalue weighted by Gasteiger charge is -2.17. The summed E-state index contributed by atoms with van der Waals surface area (Å²) in [5, 5.41) is 12.5. The smallest absolute Gasteiger partial charge is 0.194 e. The maximum atomic E-state index is 4.37. The van der Waals surface area contributed by atoms with Crippen LogP contribution in [0.15, 0.2) is 54.8 Å². The second-order valence-electron chi connectivity index (χ2n) is 4.03. The van der Waals surface area contributed by atoms with Gasteiger partial charge in [-0.25, -0.2) is 0 Å². The number of allylic oxidation sites excluding steroid dienone is 2. The van der Waals surface area contributed by atoms with E-state index < -0.39 is 0 Å². The van der Waals surface area contributed by atoms with Gasteiger partial charge in [0.2, 0.25) is 0 Å². The minimum Gasteiger partial charge on any atom is -0.366 e. The van der Waals surface area contributed by atoms with E-state index in [0.29, 0.717) is 6.54 Å². The van der Waals surface area contributed by atoms with Gasteiger partial charge in [-0.1, -0.05) is 30.4 Å². The van der Waals surface area contributed by atoms with Gasteiger partial charge in [-0.2, -0.15) is 0 Å². The van der Waals surface area contributed by atoms with Crippen molar-refractivity contribution in [2.24, 2.45) is 0 Å². The van der Waals surface area contributed by atoms with Crippen molar-refractivity contribution in [1.82, 2.24) is 25.1 Å². The van der Waals surface area contributed by atoms with Crippen LogP contribution in [-0.2, 0) is 6.54 Å². The largest absolute Gasteiger partial charge is 0.366 e. The zero-order valence-electron chi connectivity index (χ0n) is 9.85. The maximum Gasteiger partial charge on any atom is 0.194 e. The highest BCUT2D eigenvalue weighted by atomic mass is 15.6. The van der Waals surface area contributed by atoms with Crippen LogP contribution in [0.2, 0.25) is 0 Å². The van der Waals surface area contributed by atoms with Crippen LogP contribution in [0.5, 0.6) is 0 Å². The maximum absolute atomic E-state index is 4.37.